The summed E-state index contributed by atoms with van der Waals surface area (Å²) in [5.41, 5.74) is 0. The van der Waals surface area contributed by atoms with Gasteiger partial charge in [0.1, 0.15) is 10.0 Å². The van der Waals surface area contributed by atoms with E-state index in [2.05, 4.69) is 0 Å². The van der Waals surface area contributed by atoms with Crippen LogP contribution in [0, 0.1) is 0 Å². The summed E-state index contributed by atoms with van der Waals surface area (Å²) in [5, 5.41) is 1.37. The Labute approximate surface area is 159 Å². The van der Waals surface area contributed by atoms with Crippen LogP contribution in [0.3, 0.4) is 0 Å². The predicted molar refractivity (Wildman–Crippen MR) is 92.2 cm³/mol. The van der Waals surface area contributed by atoms with Gasteiger partial charge < -0.3 is 4.74 Å². The lowest BCUT2D eigenvalue weighted by Crippen LogP contribution is -1.99. The Morgan fingerprint density at radius 3 is 1.90 bits per heavy atom. The Morgan fingerprint density at radius 2 is 1.24 bits per heavy atom. The first-order valence-electron chi connectivity index (χ1n) is 5.22. The standard InChI is InChI=1S/C12HCl7OS/c13-2-1-3-10(7(17)4(2)14)20-11-8(18)5(15)6(16)9(19)12(11)21-3/h1H. The van der Waals surface area contributed by atoms with E-state index in [1.54, 1.807) is 6.07 Å². The first-order valence-corrected chi connectivity index (χ1v) is 8.68. The van der Waals surface area contributed by atoms with Gasteiger partial charge in [0.25, 0.3) is 0 Å². The molecule has 0 N–H and O–H groups in total. The van der Waals surface area contributed by atoms with Gasteiger partial charge in [0.2, 0.25) is 0 Å². The van der Waals surface area contributed by atoms with Crippen molar-refractivity contribution in [1.29, 1.82) is 0 Å². The minimum Gasteiger partial charge on any atom is -0.452 e. The van der Waals surface area contributed by atoms with Crippen molar-refractivity contribution >= 4 is 93.0 Å². The first-order chi connectivity index (χ1) is 9.82. The van der Waals surface area contributed by atoms with Crippen molar-refractivity contribution in [2.45, 2.75) is 9.79 Å². The fourth-order valence-electron chi connectivity index (χ4n) is 1.71. The topological polar surface area (TPSA) is 9.23 Å². The maximum absolute atomic E-state index is 6.20. The molecule has 0 aromatic heterocycles. The normalized spacial score (nSPS) is 12.7. The summed E-state index contributed by atoms with van der Waals surface area (Å²) < 4.78 is 5.74. The highest BCUT2D eigenvalue weighted by Crippen LogP contribution is 2.59. The van der Waals surface area contributed by atoms with Crippen LogP contribution in [0.25, 0.3) is 0 Å². The maximum Gasteiger partial charge on any atom is 0.163 e. The van der Waals surface area contributed by atoms with Crippen molar-refractivity contribution in [2.75, 3.05) is 0 Å². The number of rotatable bonds is 0. The SMILES string of the molecule is Clc1cc2c(c(Cl)c1Cl)Oc1c(Cl)c(Cl)c(Cl)c(Cl)c1S2. The number of ether oxygens (including phenoxy) is 1. The molecule has 0 bridgehead atoms. The minimum absolute atomic E-state index is 0.113. The van der Waals surface area contributed by atoms with E-state index >= 15 is 0 Å². The third-order valence-electron chi connectivity index (χ3n) is 2.68. The average Bonchev–Trinajstić information content (AvgIpc) is 2.47. The van der Waals surface area contributed by atoms with Crippen LogP contribution in [0.15, 0.2) is 15.9 Å². The molecule has 21 heavy (non-hydrogen) atoms. The number of halogens is 7. The van der Waals surface area contributed by atoms with Crippen LogP contribution in [-0.2, 0) is 0 Å². The summed E-state index contributed by atoms with van der Waals surface area (Å²) in [5.74, 6) is 0.633. The van der Waals surface area contributed by atoms with E-state index < -0.39 is 0 Å². The van der Waals surface area contributed by atoms with E-state index in [9.17, 15) is 0 Å². The molecule has 0 aliphatic carbocycles. The van der Waals surface area contributed by atoms with Crippen molar-refractivity contribution < 1.29 is 4.74 Å². The maximum atomic E-state index is 6.20. The molecule has 0 unspecified atom stereocenters. The molecule has 1 heterocycles. The van der Waals surface area contributed by atoms with Crippen LogP contribution >= 0.6 is 93.0 Å². The highest BCUT2D eigenvalue weighted by atomic mass is 35.5. The second kappa shape index (κ2) is 5.92. The summed E-state index contributed by atoms with van der Waals surface area (Å²) in [6.45, 7) is 0. The lowest BCUT2D eigenvalue weighted by molar-refractivity contribution is 0.455. The van der Waals surface area contributed by atoms with E-state index in [-0.39, 0.29) is 35.9 Å². The summed E-state index contributed by atoms with van der Waals surface area (Å²) in [6, 6.07) is 1.63. The van der Waals surface area contributed by atoms with Gasteiger partial charge >= 0.3 is 0 Å². The number of hydrogen-bond acceptors (Lipinski definition) is 2. The molecule has 1 aliphatic rings. The Morgan fingerprint density at radius 1 is 0.667 bits per heavy atom. The van der Waals surface area contributed by atoms with E-state index in [4.69, 9.17) is 85.9 Å². The molecular formula is C12HCl7OS. The molecule has 9 heteroatoms. The van der Waals surface area contributed by atoms with E-state index in [0.717, 1.165) is 0 Å². The highest BCUT2D eigenvalue weighted by Gasteiger charge is 2.30. The van der Waals surface area contributed by atoms with Crippen molar-refractivity contribution in [3.8, 4) is 11.5 Å². The number of benzene rings is 2. The van der Waals surface area contributed by atoms with E-state index in [1.807, 2.05) is 0 Å². The predicted octanol–water partition coefficient (Wildman–Crippen LogP) is 8.52. The molecular weight excluding hydrogens is 440 g/mol. The number of hydrogen-bond donors (Lipinski definition) is 0. The van der Waals surface area contributed by atoms with Gasteiger partial charge in [-0.25, -0.2) is 0 Å². The monoisotopic (exact) mass is 438 g/mol. The van der Waals surface area contributed by atoms with Gasteiger partial charge in [-0.1, -0.05) is 93.0 Å². The molecule has 0 atom stereocenters. The minimum atomic E-state index is 0.113. The van der Waals surface area contributed by atoms with Crippen molar-refractivity contribution in [1.82, 2.24) is 0 Å². The smallest absolute Gasteiger partial charge is 0.163 e. The molecule has 0 fully saturated rings. The molecule has 2 aromatic carbocycles. The van der Waals surface area contributed by atoms with Gasteiger partial charge in [0.05, 0.1) is 34.9 Å². The van der Waals surface area contributed by atoms with E-state index in [0.29, 0.717) is 20.6 Å². The average molecular weight is 441 g/mol. The molecule has 0 saturated heterocycles. The zero-order valence-corrected chi connectivity index (χ0v) is 15.6. The van der Waals surface area contributed by atoms with Gasteiger partial charge in [-0.15, -0.1) is 0 Å². The lowest BCUT2D eigenvalue weighted by Gasteiger charge is -2.24. The van der Waals surface area contributed by atoms with Gasteiger partial charge in [-0.05, 0) is 6.07 Å². The summed E-state index contributed by atoms with van der Waals surface area (Å²) in [4.78, 5) is 1.19. The molecule has 0 saturated carbocycles. The fraction of sp³-hybridized carbons (Fsp3) is 0. The Bertz CT molecular complexity index is 790. The van der Waals surface area contributed by atoms with Crippen molar-refractivity contribution in [2.24, 2.45) is 0 Å². The largest absolute Gasteiger partial charge is 0.452 e. The van der Waals surface area contributed by atoms with Crippen LogP contribution in [0.4, 0.5) is 0 Å². The van der Waals surface area contributed by atoms with Crippen molar-refractivity contribution in [3.05, 3.63) is 41.2 Å². The zero-order chi connectivity index (χ0) is 15.5. The Balaban J connectivity index is 2.27. The van der Waals surface area contributed by atoms with Gasteiger partial charge in [0.15, 0.2) is 11.5 Å². The van der Waals surface area contributed by atoms with Crippen LogP contribution in [0.1, 0.15) is 0 Å². The number of fused-ring (bicyclic) bond motifs is 2. The third kappa shape index (κ3) is 2.58. The van der Waals surface area contributed by atoms with Gasteiger partial charge in [-0.2, -0.15) is 0 Å². The van der Waals surface area contributed by atoms with Gasteiger partial charge in [-0.3, -0.25) is 0 Å². The first kappa shape index (κ1) is 16.5. The molecule has 0 radical (unpaired) electrons. The summed E-state index contributed by atoms with van der Waals surface area (Å²) in [6.07, 6.45) is 0. The molecule has 1 aliphatic heterocycles. The van der Waals surface area contributed by atoms with Crippen LogP contribution in [0.2, 0.25) is 35.2 Å². The lowest BCUT2D eigenvalue weighted by atomic mass is 10.3. The van der Waals surface area contributed by atoms with Crippen LogP contribution in [0.5, 0.6) is 11.5 Å². The summed E-state index contributed by atoms with van der Waals surface area (Å²) in [7, 11) is 0. The Hall–Kier alpha value is 0.620. The Kier molecular flexibility index (Phi) is 4.64. The second-order valence-corrected chi connectivity index (χ2v) is 7.66. The third-order valence-corrected chi connectivity index (χ3v) is 6.94. The quantitative estimate of drug-likeness (QED) is 0.255. The van der Waals surface area contributed by atoms with Gasteiger partial charge in [0, 0.05) is 0 Å². The molecule has 110 valence electrons. The molecule has 0 amide bonds. The van der Waals surface area contributed by atoms with Crippen molar-refractivity contribution in [3.63, 3.8) is 0 Å². The molecule has 1 nitrogen and oxygen atoms in total. The molecule has 0 spiro atoms. The highest BCUT2D eigenvalue weighted by molar-refractivity contribution is 7.99. The van der Waals surface area contributed by atoms with E-state index in [1.165, 1.54) is 11.8 Å². The fourth-order valence-corrected chi connectivity index (χ4v) is 4.63. The van der Waals surface area contributed by atoms with Crippen LogP contribution < -0.4 is 4.74 Å². The summed E-state index contributed by atoms with van der Waals surface area (Å²) >= 11 is 43.9. The molecule has 3 rings (SSSR count). The molecule has 2 aromatic rings. The van der Waals surface area contributed by atoms with Crippen LogP contribution in [-0.4, -0.2) is 0 Å². The second-order valence-electron chi connectivity index (χ2n) is 3.93. The zero-order valence-electron chi connectivity index (χ0n) is 9.54.